The summed E-state index contributed by atoms with van der Waals surface area (Å²) < 4.78 is 1.20. The van der Waals surface area contributed by atoms with Gasteiger partial charge in [-0.05, 0) is 19.4 Å². The number of nitrogens with zero attached hydrogens (tertiary/aromatic N) is 3. The summed E-state index contributed by atoms with van der Waals surface area (Å²) in [7, 11) is 0. The maximum Gasteiger partial charge on any atom is 0.346 e. The monoisotopic (exact) mass is 440 g/mol. The molecule has 152 valence electrons. The van der Waals surface area contributed by atoms with Gasteiger partial charge in [0.15, 0.2) is 5.13 Å². The van der Waals surface area contributed by atoms with Gasteiger partial charge in [0.1, 0.15) is 15.7 Å². The number of aromatic nitrogens is 3. The van der Waals surface area contributed by atoms with Crippen LogP contribution in [0.3, 0.4) is 0 Å². The molecule has 3 heterocycles. The van der Waals surface area contributed by atoms with Crippen molar-refractivity contribution in [2.45, 2.75) is 19.9 Å². The highest BCUT2D eigenvalue weighted by atomic mass is 32.1. The first-order chi connectivity index (χ1) is 14.4. The van der Waals surface area contributed by atoms with E-state index >= 15 is 0 Å². The van der Waals surface area contributed by atoms with E-state index in [2.05, 4.69) is 15.3 Å². The van der Waals surface area contributed by atoms with E-state index in [1.807, 2.05) is 35.7 Å². The Morgan fingerprint density at radius 1 is 1.23 bits per heavy atom. The van der Waals surface area contributed by atoms with Gasteiger partial charge in [0.25, 0.3) is 5.56 Å². The standard InChI is InChI=1S/C20H16N4O4S2/c1-10-14-17(30-15(10)19(27)28)21-9-24(18(14)26)11(2)16(25)23-20-22-13(8-29-20)12-6-4-3-5-7-12/h3-9,11H,1-2H3,(H,27,28)(H,22,23,25). The smallest absolute Gasteiger partial charge is 0.346 e. The number of aromatic carboxylic acids is 1. The second kappa shape index (κ2) is 7.81. The molecule has 0 saturated carbocycles. The fraction of sp³-hybridized carbons (Fsp3) is 0.150. The molecule has 0 saturated heterocycles. The number of amides is 1. The molecular formula is C20H16N4O4S2. The number of nitrogens with one attached hydrogen (secondary N) is 1. The SMILES string of the molecule is Cc1c(C(=O)O)sc2ncn(C(C)C(=O)Nc3nc(-c4ccccc4)cs3)c(=O)c12. The van der Waals surface area contributed by atoms with E-state index in [1.165, 1.54) is 22.2 Å². The quantitative estimate of drug-likeness (QED) is 0.488. The molecule has 0 fully saturated rings. The summed E-state index contributed by atoms with van der Waals surface area (Å²) in [6.45, 7) is 3.15. The van der Waals surface area contributed by atoms with E-state index in [4.69, 9.17) is 0 Å². The third-order valence-electron chi connectivity index (χ3n) is 4.67. The summed E-state index contributed by atoms with van der Waals surface area (Å²) in [5.41, 5.74) is 1.59. The fourth-order valence-corrected chi connectivity index (χ4v) is 4.73. The number of carboxylic acid groups (broad SMARTS) is 1. The topological polar surface area (TPSA) is 114 Å². The summed E-state index contributed by atoms with van der Waals surface area (Å²) in [6.07, 6.45) is 1.27. The molecule has 4 rings (SSSR count). The number of hydrogen-bond acceptors (Lipinski definition) is 7. The zero-order chi connectivity index (χ0) is 21.4. The number of carbonyl (C=O) groups is 2. The summed E-state index contributed by atoms with van der Waals surface area (Å²) in [5.74, 6) is -1.52. The second-order valence-corrected chi connectivity index (χ2v) is 8.42. The van der Waals surface area contributed by atoms with E-state index in [9.17, 15) is 19.5 Å². The molecule has 1 unspecified atom stereocenters. The average Bonchev–Trinajstić information content (AvgIpc) is 3.33. The first-order valence-corrected chi connectivity index (χ1v) is 10.6. The number of thiazole rings is 1. The number of fused-ring (bicyclic) bond motifs is 1. The van der Waals surface area contributed by atoms with Crippen LogP contribution in [0, 0.1) is 6.92 Å². The van der Waals surface area contributed by atoms with Gasteiger partial charge in [-0.2, -0.15) is 0 Å². The van der Waals surface area contributed by atoms with Crippen LogP contribution in [0.1, 0.15) is 28.2 Å². The second-order valence-electron chi connectivity index (χ2n) is 6.57. The maximum atomic E-state index is 12.9. The molecule has 10 heteroatoms. The van der Waals surface area contributed by atoms with E-state index in [0.29, 0.717) is 15.5 Å². The van der Waals surface area contributed by atoms with Crippen LogP contribution in [0.5, 0.6) is 0 Å². The molecule has 0 aliphatic rings. The van der Waals surface area contributed by atoms with Crippen LogP contribution in [0.4, 0.5) is 5.13 Å². The molecule has 0 bridgehead atoms. The van der Waals surface area contributed by atoms with Crippen molar-refractivity contribution in [1.82, 2.24) is 14.5 Å². The van der Waals surface area contributed by atoms with Gasteiger partial charge in [0.05, 0.1) is 17.4 Å². The molecular weight excluding hydrogens is 424 g/mol. The minimum absolute atomic E-state index is 0.0701. The molecule has 8 nitrogen and oxygen atoms in total. The fourth-order valence-electron chi connectivity index (χ4n) is 3.03. The number of thiophene rings is 1. The Morgan fingerprint density at radius 2 is 1.97 bits per heavy atom. The van der Waals surface area contributed by atoms with Crippen molar-refractivity contribution >= 4 is 49.9 Å². The molecule has 0 radical (unpaired) electrons. The lowest BCUT2D eigenvalue weighted by Gasteiger charge is -2.13. The third-order valence-corrected chi connectivity index (χ3v) is 6.62. The molecule has 2 N–H and O–H groups in total. The van der Waals surface area contributed by atoms with Crippen molar-refractivity contribution in [2.75, 3.05) is 5.32 Å². The largest absolute Gasteiger partial charge is 0.477 e. The zero-order valence-electron chi connectivity index (χ0n) is 15.9. The summed E-state index contributed by atoms with van der Waals surface area (Å²) in [5, 5.41) is 14.5. The van der Waals surface area contributed by atoms with Crippen LogP contribution in [-0.4, -0.2) is 31.5 Å². The predicted molar refractivity (Wildman–Crippen MR) is 116 cm³/mol. The number of anilines is 1. The van der Waals surface area contributed by atoms with Crippen LogP contribution in [0.25, 0.3) is 21.5 Å². The number of hydrogen-bond donors (Lipinski definition) is 2. The van der Waals surface area contributed by atoms with Crippen molar-refractivity contribution in [3.63, 3.8) is 0 Å². The first kappa shape index (κ1) is 19.9. The molecule has 1 amide bonds. The Hall–Kier alpha value is -3.37. The van der Waals surface area contributed by atoms with Gasteiger partial charge >= 0.3 is 5.97 Å². The van der Waals surface area contributed by atoms with Gasteiger partial charge in [-0.25, -0.2) is 14.8 Å². The summed E-state index contributed by atoms with van der Waals surface area (Å²) in [4.78, 5) is 46.0. The Morgan fingerprint density at radius 3 is 2.67 bits per heavy atom. The molecule has 1 aromatic carbocycles. The maximum absolute atomic E-state index is 12.9. The van der Waals surface area contributed by atoms with Crippen LogP contribution in [0.2, 0.25) is 0 Å². The average molecular weight is 441 g/mol. The van der Waals surface area contributed by atoms with Gasteiger partial charge in [0.2, 0.25) is 5.91 Å². The van der Waals surface area contributed by atoms with Gasteiger partial charge < -0.3 is 10.4 Å². The molecule has 0 aliphatic carbocycles. The lowest BCUT2D eigenvalue weighted by molar-refractivity contribution is -0.118. The number of rotatable bonds is 5. The van der Waals surface area contributed by atoms with E-state index in [1.54, 1.807) is 13.8 Å². The predicted octanol–water partition coefficient (Wildman–Crippen LogP) is 3.79. The van der Waals surface area contributed by atoms with Crippen molar-refractivity contribution in [3.05, 3.63) is 62.8 Å². The Kier molecular flexibility index (Phi) is 5.18. The van der Waals surface area contributed by atoms with Gasteiger partial charge in [-0.3, -0.25) is 14.2 Å². The highest BCUT2D eigenvalue weighted by Crippen LogP contribution is 2.28. The molecule has 0 spiro atoms. The minimum Gasteiger partial charge on any atom is -0.477 e. The van der Waals surface area contributed by atoms with Gasteiger partial charge in [-0.1, -0.05) is 30.3 Å². The van der Waals surface area contributed by atoms with Crippen LogP contribution in [0.15, 0.2) is 46.8 Å². The first-order valence-electron chi connectivity index (χ1n) is 8.92. The van der Waals surface area contributed by atoms with E-state index in [0.717, 1.165) is 22.6 Å². The van der Waals surface area contributed by atoms with Gasteiger partial charge in [0, 0.05) is 10.9 Å². The number of carbonyl (C=O) groups excluding carboxylic acids is 1. The molecule has 1 atom stereocenters. The van der Waals surface area contributed by atoms with Gasteiger partial charge in [-0.15, -0.1) is 22.7 Å². The van der Waals surface area contributed by atoms with Crippen LogP contribution in [-0.2, 0) is 4.79 Å². The Labute approximate surface area is 178 Å². The zero-order valence-corrected chi connectivity index (χ0v) is 17.6. The minimum atomic E-state index is -1.11. The third kappa shape index (κ3) is 3.51. The van der Waals surface area contributed by atoms with Crippen molar-refractivity contribution in [2.24, 2.45) is 0 Å². The Bertz CT molecular complexity index is 1320. The lowest BCUT2D eigenvalue weighted by atomic mass is 10.2. The Balaban J connectivity index is 1.60. The van der Waals surface area contributed by atoms with Crippen LogP contribution < -0.4 is 10.9 Å². The normalized spacial score (nSPS) is 12.1. The number of carboxylic acids is 1. The number of benzene rings is 1. The molecule has 0 aliphatic heterocycles. The highest BCUT2D eigenvalue weighted by molar-refractivity contribution is 7.20. The molecule has 4 aromatic rings. The van der Waals surface area contributed by atoms with Crippen molar-refractivity contribution < 1.29 is 14.7 Å². The summed E-state index contributed by atoms with van der Waals surface area (Å²) in [6, 6.07) is 8.74. The van der Waals surface area contributed by atoms with Crippen molar-refractivity contribution in [3.8, 4) is 11.3 Å². The number of aryl methyl sites for hydroxylation is 1. The van der Waals surface area contributed by atoms with Crippen molar-refractivity contribution in [1.29, 1.82) is 0 Å². The highest BCUT2D eigenvalue weighted by Gasteiger charge is 2.23. The van der Waals surface area contributed by atoms with Crippen LogP contribution >= 0.6 is 22.7 Å². The van der Waals surface area contributed by atoms with E-state index < -0.39 is 23.5 Å². The molecule has 3 aromatic heterocycles. The summed E-state index contributed by atoms with van der Waals surface area (Å²) >= 11 is 2.24. The van der Waals surface area contributed by atoms with E-state index in [-0.39, 0.29) is 10.3 Å². The molecule has 30 heavy (non-hydrogen) atoms. The lowest BCUT2D eigenvalue weighted by Crippen LogP contribution is -2.31.